The summed E-state index contributed by atoms with van der Waals surface area (Å²) in [6, 6.07) is 7.91. The molecular formula is C17H23Cl2N. The van der Waals surface area contributed by atoms with E-state index in [0.29, 0.717) is 0 Å². The van der Waals surface area contributed by atoms with Crippen molar-refractivity contribution in [2.75, 3.05) is 13.1 Å². The minimum atomic E-state index is 0. The number of allylic oxidation sites excluding steroid dienone is 1. The molecule has 1 nitrogen and oxygen atoms in total. The van der Waals surface area contributed by atoms with E-state index in [1.807, 2.05) is 24.3 Å². The summed E-state index contributed by atoms with van der Waals surface area (Å²) >= 11 is 5.85. The van der Waals surface area contributed by atoms with Crippen LogP contribution in [0.2, 0.25) is 5.02 Å². The van der Waals surface area contributed by atoms with Crippen LogP contribution in [0.3, 0.4) is 0 Å². The van der Waals surface area contributed by atoms with Gasteiger partial charge in [0, 0.05) is 11.6 Å². The molecule has 1 aromatic carbocycles. The Bertz CT molecular complexity index is 435. The molecule has 1 N–H and O–H groups in total. The van der Waals surface area contributed by atoms with Crippen molar-refractivity contribution >= 4 is 30.1 Å². The molecule has 3 heteroatoms. The molecule has 0 radical (unpaired) electrons. The highest BCUT2D eigenvalue weighted by Crippen LogP contribution is 2.19. The van der Waals surface area contributed by atoms with Gasteiger partial charge in [-0.25, -0.2) is 0 Å². The van der Waals surface area contributed by atoms with Gasteiger partial charge in [-0.2, -0.15) is 0 Å². The normalized spacial score (nSPS) is 14.9. The highest BCUT2D eigenvalue weighted by molar-refractivity contribution is 6.30. The van der Waals surface area contributed by atoms with Crippen molar-refractivity contribution in [1.29, 1.82) is 0 Å². The molecule has 0 aromatic heterocycles. The van der Waals surface area contributed by atoms with Crippen molar-refractivity contribution in [3.63, 3.8) is 0 Å². The summed E-state index contributed by atoms with van der Waals surface area (Å²) in [5, 5.41) is 4.25. The maximum atomic E-state index is 5.85. The van der Waals surface area contributed by atoms with E-state index < -0.39 is 0 Å². The number of hydrogen-bond donors (Lipinski definition) is 1. The Hall–Kier alpha value is -0.760. The molecule has 110 valence electrons. The van der Waals surface area contributed by atoms with Crippen LogP contribution in [0.4, 0.5) is 0 Å². The van der Waals surface area contributed by atoms with E-state index in [2.05, 4.69) is 23.5 Å². The topological polar surface area (TPSA) is 12.0 Å². The molecule has 0 heterocycles. The van der Waals surface area contributed by atoms with Crippen molar-refractivity contribution in [2.45, 2.75) is 32.1 Å². The predicted octanol–water partition coefficient (Wildman–Crippen LogP) is 5.26. The van der Waals surface area contributed by atoms with Crippen LogP contribution in [0.15, 0.2) is 42.0 Å². The van der Waals surface area contributed by atoms with Crippen LogP contribution in [0.25, 0.3) is 6.08 Å². The molecule has 1 aliphatic carbocycles. The van der Waals surface area contributed by atoms with Crippen LogP contribution in [0.5, 0.6) is 0 Å². The van der Waals surface area contributed by atoms with Crippen molar-refractivity contribution in [2.24, 2.45) is 0 Å². The summed E-state index contributed by atoms with van der Waals surface area (Å²) in [5.41, 5.74) is 2.83. The first-order valence-electron chi connectivity index (χ1n) is 7.15. The molecule has 0 aliphatic heterocycles. The Morgan fingerprint density at radius 3 is 2.65 bits per heavy atom. The van der Waals surface area contributed by atoms with Crippen LogP contribution >= 0.6 is 24.0 Å². The van der Waals surface area contributed by atoms with Gasteiger partial charge in [0.05, 0.1) is 0 Å². The lowest BCUT2D eigenvalue weighted by atomic mass is 9.97. The van der Waals surface area contributed by atoms with E-state index in [0.717, 1.165) is 18.1 Å². The van der Waals surface area contributed by atoms with E-state index in [1.54, 1.807) is 5.57 Å². The average molecular weight is 312 g/mol. The average Bonchev–Trinajstić information content (AvgIpc) is 2.46. The Morgan fingerprint density at radius 1 is 1.15 bits per heavy atom. The standard InChI is InChI=1S/C17H22ClN.ClH/c18-17-10-8-16(9-11-17)7-4-13-19-14-12-15-5-2-1-3-6-15;/h4-5,7-11,19H,1-3,6,12-14H2;1H/b7-4+;. The van der Waals surface area contributed by atoms with E-state index in [-0.39, 0.29) is 12.4 Å². The van der Waals surface area contributed by atoms with Gasteiger partial charge in [0.1, 0.15) is 0 Å². The first kappa shape index (κ1) is 17.3. The molecule has 0 saturated carbocycles. The predicted molar refractivity (Wildman–Crippen MR) is 91.8 cm³/mol. The first-order chi connectivity index (χ1) is 9.34. The van der Waals surface area contributed by atoms with Crippen LogP contribution in [0.1, 0.15) is 37.7 Å². The summed E-state index contributed by atoms with van der Waals surface area (Å²) in [6.07, 6.45) is 13.3. The van der Waals surface area contributed by atoms with Gasteiger partial charge < -0.3 is 5.32 Å². The summed E-state index contributed by atoms with van der Waals surface area (Å²) in [6.45, 7) is 2.01. The molecule has 1 aromatic rings. The lowest BCUT2D eigenvalue weighted by molar-refractivity contribution is 0.651. The van der Waals surface area contributed by atoms with Gasteiger partial charge in [0.25, 0.3) is 0 Å². The smallest absolute Gasteiger partial charge is 0.0406 e. The van der Waals surface area contributed by atoms with Crippen molar-refractivity contribution in [1.82, 2.24) is 5.32 Å². The zero-order valence-electron chi connectivity index (χ0n) is 11.8. The summed E-state index contributed by atoms with van der Waals surface area (Å²) in [4.78, 5) is 0. The van der Waals surface area contributed by atoms with Gasteiger partial charge >= 0.3 is 0 Å². The van der Waals surface area contributed by atoms with E-state index >= 15 is 0 Å². The van der Waals surface area contributed by atoms with Gasteiger partial charge in [0.2, 0.25) is 0 Å². The Balaban J connectivity index is 0.00000200. The quantitative estimate of drug-likeness (QED) is 0.558. The molecule has 0 atom stereocenters. The number of benzene rings is 1. The van der Waals surface area contributed by atoms with Crippen LogP contribution < -0.4 is 5.32 Å². The zero-order chi connectivity index (χ0) is 13.3. The Kier molecular flexibility index (Phi) is 8.68. The van der Waals surface area contributed by atoms with E-state index in [9.17, 15) is 0 Å². The molecule has 0 spiro atoms. The van der Waals surface area contributed by atoms with Gasteiger partial charge in [-0.1, -0.05) is 47.5 Å². The van der Waals surface area contributed by atoms with Gasteiger partial charge in [-0.05, 0) is 56.3 Å². The van der Waals surface area contributed by atoms with Gasteiger partial charge in [-0.3, -0.25) is 0 Å². The second kappa shape index (κ2) is 10.0. The fourth-order valence-electron chi connectivity index (χ4n) is 2.33. The number of nitrogens with one attached hydrogen (secondary N) is 1. The molecule has 2 rings (SSSR count). The van der Waals surface area contributed by atoms with Crippen LogP contribution in [0, 0.1) is 0 Å². The minimum absolute atomic E-state index is 0. The van der Waals surface area contributed by atoms with Crippen LogP contribution in [-0.4, -0.2) is 13.1 Å². The third-order valence-corrected chi connectivity index (χ3v) is 3.70. The molecular weight excluding hydrogens is 289 g/mol. The molecule has 0 amide bonds. The lowest BCUT2D eigenvalue weighted by Crippen LogP contribution is -2.15. The van der Waals surface area contributed by atoms with Crippen molar-refractivity contribution in [3.8, 4) is 0 Å². The maximum Gasteiger partial charge on any atom is 0.0406 e. The molecule has 0 bridgehead atoms. The van der Waals surface area contributed by atoms with Crippen LogP contribution in [-0.2, 0) is 0 Å². The second-order valence-corrected chi connectivity index (χ2v) is 5.45. The second-order valence-electron chi connectivity index (χ2n) is 5.02. The fourth-order valence-corrected chi connectivity index (χ4v) is 2.46. The highest BCUT2D eigenvalue weighted by atomic mass is 35.5. The lowest BCUT2D eigenvalue weighted by Gasteiger charge is -2.12. The van der Waals surface area contributed by atoms with Crippen molar-refractivity contribution < 1.29 is 0 Å². The van der Waals surface area contributed by atoms with Crippen molar-refractivity contribution in [3.05, 3.63) is 52.6 Å². The Labute approximate surface area is 133 Å². The third kappa shape index (κ3) is 6.60. The molecule has 1 aliphatic rings. The SMILES string of the molecule is Cl.Clc1ccc(/C=C/CNCCC2=CCCCC2)cc1. The Morgan fingerprint density at radius 2 is 1.95 bits per heavy atom. The fraction of sp³-hybridized carbons (Fsp3) is 0.412. The zero-order valence-corrected chi connectivity index (χ0v) is 13.3. The maximum absolute atomic E-state index is 5.85. The third-order valence-electron chi connectivity index (χ3n) is 3.45. The molecule has 20 heavy (non-hydrogen) atoms. The van der Waals surface area contributed by atoms with Gasteiger partial charge in [0.15, 0.2) is 0 Å². The molecule has 0 unspecified atom stereocenters. The number of halogens is 2. The van der Waals surface area contributed by atoms with E-state index in [1.165, 1.54) is 37.7 Å². The van der Waals surface area contributed by atoms with E-state index in [4.69, 9.17) is 11.6 Å². The first-order valence-corrected chi connectivity index (χ1v) is 7.53. The number of hydrogen-bond acceptors (Lipinski definition) is 1. The minimum Gasteiger partial charge on any atom is -0.313 e. The van der Waals surface area contributed by atoms with Gasteiger partial charge in [-0.15, -0.1) is 12.4 Å². The summed E-state index contributed by atoms with van der Waals surface area (Å²) in [5.74, 6) is 0. The molecule has 0 saturated heterocycles. The largest absolute Gasteiger partial charge is 0.313 e. The monoisotopic (exact) mass is 311 g/mol. The summed E-state index contributed by atoms with van der Waals surface area (Å²) in [7, 11) is 0. The number of rotatable bonds is 6. The highest BCUT2D eigenvalue weighted by Gasteiger charge is 2.02. The molecule has 0 fully saturated rings. The summed E-state index contributed by atoms with van der Waals surface area (Å²) < 4.78 is 0.